The molecule has 2 aliphatic heterocycles. The first kappa shape index (κ1) is 7.97. The average molecular weight is 174 g/mol. The van der Waals surface area contributed by atoms with Gasteiger partial charge >= 0.3 is 5.97 Å². The Balaban J connectivity index is 2.17. The van der Waals surface area contributed by atoms with Crippen LogP contribution in [0.3, 0.4) is 0 Å². The average Bonchev–Trinajstić information content (AvgIpc) is 2.53. The van der Waals surface area contributed by atoms with Gasteiger partial charge in [0.05, 0.1) is 13.0 Å². The van der Waals surface area contributed by atoms with E-state index in [4.69, 9.17) is 9.84 Å². The summed E-state index contributed by atoms with van der Waals surface area (Å²) in [6, 6.07) is 0. The van der Waals surface area contributed by atoms with Crippen LogP contribution in [0.15, 0.2) is 0 Å². The molecule has 2 rings (SSSR count). The van der Waals surface area contributed by atoms with Crippen LogP contribution in [-0.2, 0) is 14.3 Å². The van der Waals surface area contributed by atoms with E-state index < -0.39 is 17.8 Å². The number of ether oxygens (including phenoxy) is 2. The molecular formula is C7H10O5. The van der Waals surface area contributed by atoms with Gasteiger partial charge in [0.2, 0.25) is 0 Å². The van der Waals surface area contributed by atoms with Crippen molar-refractivity contribution in [1.29, 1.82) is 0 Å². The van der Waals surface area contributed by atoms with E-state index in [2.05, 4.69) is 4.74 Å². The summed E-state index contributed by atoms with van der Waals surface area (Å²) < 4.78 is 9.82. The predicted octanol–water partition coefficient (Wildman–Crippen LogP) is -1.58. The Labute approximate surface area is 68.9 Å². The van der Waals surface area contributed by atoms with Crippen molar-refractivity contribution >= 4 is 5.97 Å². The maximum Gasteiger partial charge on any atom is 0.309 e. The molecule has 2 aliphatic rings. The number of aliphatic hydroxyl groups is 2. The summed E-state index contributed by atoms with van der Waals surface area (Å²) in [5, 5.41) is 18.6. The summed E-state index contributed by atoms with van der Waals surface area (Å²) >= 11 is 0. The molecule has 0 aromatic carbocycles. The fraction of sp³-hybridized carbons (Fsp3) is 0.857. The second-order valence-corrected chi connectivity index (χ2v) is 3.23. The Kier molecular flexibility index (Phi) is 1.61. The van der Waals surface area contributed by atoms with Crippen LogP contribution in [0.2, 0.25) is 0 Å². The summed E-state index contributed by atoms with van der Waals surface area (Å²) in [7, 11) is 0. The second kappa shape index (κ2) is 2.42. The van der Waals surface area contributed by atoms with Crippen molar-refractivity contribution in [2.24, 2.45) is 0 Å². The molecule has 0 bridgehead atoms. The summed E-state index contributed by atoms with van der Waals surface area (Å²) in [6.07, 6.45) is -1.88. The topological polar surface area (TPSA) is 76.0 Å². The molecule has 2 saturated heterocycles. The lowest BCUT2D eigenvalue weighted by Gasteiger charge is -2.22. The van der Waals surface area contributed by atoms with Crippen LogP contribution in [0.4, 0.5) is 0 Å². The maximum absolute atomic E-state index is 10.8. The highest BCUT2D eigenvalue weighted by atomic mass is 16.6. The minimum atomic E-state index is -1.01. The van der Waals surface area contributed by atoms with Gasteiger partial charge in [-0.2, -0.15) is 0 Å². The van der Waals surface area contributed by atoms with Crippen molar-refractivity contribution in [3.8, 4) is 0 Å². The molecule has 2 heterocycles. The largest absolute Gasteiger partial charge is 0.462 e. The molecule has 3 atom stereocenters. The zero-order chi connectivity index (χ0) is 8.77. The Bertz CT molecular complexity index is 216. The van der Waals surface area contributed by atoms with Crippen molar-refractivity contribution in [2.45, 2.75) is 24.2 Å². The third-order valence-corrected chi connectivity index (χ3v) is 2.37. The molecule has 5 nitrogen and oxygen atoms in total. The van der Waals surface area contributed by atoms with E-state index in [1.54, 1.807) is 0 Å². The highest BCUT2D eigenvalue weighted by Crippen LogP contribution is 2.34. The molecule has 0 aromatic heterocycles. The number of esters is 1. The zero-order valence-corrected chi connectivity index (χ0v) is 6.40. The SMILES string of the molecule is O=C1CC2(CO1)OCC(O)C2O. The van der Waals surface area contributed by atoms with Crippen molar-refractivity contribution in [3.05, 3.63) is 0 Å². The number of carbonyl (C=O) groups is 1. The van der Waals surface area contributed by atoms with E-state index in [0.717, 1.165) is 0 Å². The lowest BCUT2D eigenvalue weighted by Crippen LogP contribution is -2.43. The van der Waals surface area contributed by atoms with Crippen molar-refractivity contribution in [1.82, 2.24) is 0 Å². The minimum absolute atomic E-state index is 0.0330. The molecule has 2 N–H and O–H groups in total. The summed E-state index contributed by atoms with van der Waals surface area (Å²) in [6.45, 7) is 0.113. The first-order chi connectivity index (χ1) is 5.64. The van der Waals surface area contributed by atoms with E-state index in [9.17, 15) is 9.90 Å². The number of rotatable bonds is 0. The van der Waals surface area contributed by atoms with Gasteiger partial charge in [-0.15, -0.1) is 0 Å². The Morgan fingerprint density at radius 2 is 2.25 bits per heavy atom. The third-order valence-electron chi connectivity index (χ3n) is 2.37. The molecule has 0 aromatic rings. The monoisotopic (exact) mass is 174 g/mol. The number of hydrogen-bond donors (Lipinski definition) is 2. The second-order valence-electron chi connectivity index (χ2n) is 3.23. The van der Waals surface area contributed by atoms with E-state index in [1.807, 2.05) is 0 Å². The van der Waals surface area contributed by atoms with Gasteiger partial charge < -0.3 is 19.7 Å². The van der Waals surface area contributed by atoms with Crippen molar-refractivity contribution in [2.75, 3.05) is 13.2 Å². The van der Waals surface area contributed by atoms with Crippen molar-refractivity contribution in [3.63, 3.8) is 0 Å². The fourth-order valence-electron chi connectivity index (χ4n) is 1.61. The van der Waals surface area contributed by atoms with Gasteiger partial charge in [-0.25, -0.2) is 0 Å². The highest BCUT2D eigenvalue weighted by molar-refractivity contribution is 5.73. The molecule has 5 heteroatoms. The van der Waals surface area contributed by atoms with Crippen LogP contribution >= 0.6 is 0 Å². The number of aliphatic hydroxyl groups excluding tert-OH is 2. The van der Waals surface area contributed by atoms with Gasteiger partial charge in [-0.1, -0.05) is 0 Å². The molecule has 0 amide bonds. The molecular weight excluding hydrogens is 164 g/mol. The van der Waals surface area contributed by atoms with Gasteiger partial charge in [0.1, 0.15) is 24.4 Å². The molecule has 12 heavy (non-hydrogen) atoms. The van der Waals surface area contributed by atoms with Crippen LogP contribution in [0.5, 0.6) is 0 Å². The zero-order valence-electron chi connectivity index (χ0n) is 6.40. The lowest BCUT2D eigenvalue weighted by atomic mass is 9.95. The highest BCUT2D eigenvalue weighted by Gasteiger charge is 2.54. The molecule has 0 saturated carbocycles. The molecule has 0 aliphatic carbocycles. The molecule has 1 spiro atoms. The van der Waals surface area contributed by atoms with E-state index >= 15 is 0 Å². The molecule has 68 valence electrons. The van der Waals surface area contributed by atoms with Gasteiger partial charge in [-0.05, 0) is 0 Å². The van der Waals surface area contributed by atoms with Gasteiger partial charge in [0.25, 0.3) is 0 Å². The first-order valence-corrected chi connectivity index (χ1v) is 3.80. The van der Waals surface area contributed by atoms with Crippen LogP contribution < -0.4 is 0 Å². The molecule has 0 radical (unpaired) electrons. The van der Waals surface area contributed by atoms with Gasteiger partial charge in [-0.3, -0.25) is 4.79 Å². The standard InChI is InChI=1S/C7H10O5/c8-4-2-12-7(6(4)10)1-5(9)11-3-7/h4,6,8,10H,1-3H2. The maximum atomic E-state index is 10.8. The molecule has 2 fully saturated rings. The lowest BCUT2D eigenvalue weighted by molar-refractivity contribution is -0.137. The van der Waals surface area contributed by atoms with E-state index in [0.29, 0.717) is 0 Å². The Morgan fingerprint density at radius 1 is 1.50 bits per heavy atom. The molecule has 3 unspecified atom stereocenters. The normalized spacial score (nSPS) is 47.0. The van der Waals surface area contributed by atoms with E-state index in [-0.39, 0.29) is 25.6 Å². The number of cyclic esters (lactones) is 1. The van der Waals surface area contributed by atoms with Crippen LogP contribution in [0, 0.1) is 0 Å². The minimum Gasteiger partial charge on any atom is -0.462 e. The third kappa shape index (κ3) is 0.939. The number of carbonyl (C=O) groups excluding carboxylic acids is 1. The van der Waals surface area contributed by atoms with Crippen LogP contribution in [0.25, 0.3) is 0 Å². The summed E-state index contributed by atoms with van der Waals surface area (Å²) in [5.41, 5.74) is -0.976. The quantitative estimate of drug-likeness (QED) is 0.434. The Hall–Kier alpha value is -0.650. The number of hydrogen-bond acceptors (Lipinski definition) is 5. The fourth-order valence-corrected chi connectivity index (χ4v) is 1.61. The first-order valence-electron chi connectivity index (χ1n) is 3.80. The summed E-state index contributed by atoms with van der Waals surface area (Å²) in [5.74, 6) is -0.386. The van der Waals surface area contributed by atoms with Crippen molar-refractivity contribution < 1.29 is 24.5 Å². The smallest absolute Gasteiger partial charge is 0.309 e. The van der Waals surface area contributed by atoms with Gasteiger partial charge in [0, 0.05) is 0 Å². The van der Waals surface area contributed by atoms with Crippen LogP contribution in [-0.4, -0.2) is 47.2 Å². The summed E-state index contributed by atoms with van der Waals surface area (Å²) in [4.78, 5) is 10.8. The Morgan fingerprint density at radius 3 is 2.67 bits per heavy atom. The van der Waals surface area contributed by atoms with Crippen LogP contribution in [0.1, 0.15) is 6.42 Å². The predicted molar refractivity (Wildman–Crippen MR) is 36.3 cm³/mol. The van der Waals surface area contributed by atoms with E-state index in [1.165, 1.54) is 0 Å². The van der Waals surface area contributed by atoms with Gasteiger partial charge in [0.15, 0.2) is 0 Å².